The Morgan fingerprint density at radius 3 is 2.29 bits per heavy atom. The average molecular weight is 277 g/mol. The SMILES string of the molecule is C[C@@H](CC/C=C\Cl)CCO[Si](C)(C)C(C)(C)C. The van der Waals surface area contributed by atoms with Crippen LogP contribution >= 0.6 is 11.6 Å². The fourth-order valence-electron chi connectivity index (χ4n) is 1.32. The van der Waals surface area contributed by atoms with Crippen molar-refractivity contribution in [3.05, 3.63) is 11.6 Å². The van der Waals surface area contributed by atoms with Gasteiger partial charge in [0.25, 0.3) is 0 Å². The van der Waals surface area contributed by atoms with Crippen LogP contribution in [0.1, 0.15) is 47.0 Å². The molecule has 0 aliphatic rings. The topological polar surface area (TPSA) is 9.23 Å². The van der Waals surface area contributed by atoms with E-state index in [2.05, 4.69) is 40.8 Å². The van der Waals surface area contributed by atoms with Crippen molar-refractivity contribution in [2.75, 3.05) is 6.61 Å². The molecule has 0 unspecified atom stereocenters. The van der Waals surface area contributed by atoms with Crippen LogP contribution in [0.3, 0.4) is 0 Å². The molecule has 102 valence electrons. The van der Waals surface area contributed by atoms with E-state index in [1.54, 1.807) is 5.54 Å². The summed E-state index contributed by atoms with van der Waals surface area (Å²) >= 11 is 5.50. The molecule has 1 nitrogen and oxygen atoms in total. The van der Waals surface area contributed by atoms with E-state index < -0.39 is 8.32 Å². The zero-order valence-electron chi connectivity index (χ0n) is 12.3. The summed E-state index contributed by atoms with van der Waals surface area (Å²) in [6, 6.07) is 0. The number of allylic oxidation sites excluding steroid dienone is 1. The van der Waals surface area contributed by atoms with Crippen LogP contribution in [0.15, 0.2) is 11.6 Å². The summed E-state index contributed by atoms with van der Waals surface area (Å²) in [5, 5.41) is 0.317. The van der Waals surface area contributed by atoms with E-state index in [4.69, 9.17) is 16.0 Å². The van der Waals surface area contributed by atoms with Gasteiger partial charge in [0, 0.05) is 12.1 Å². The third-order valence-electron chi connectivity index (χ3n) is 3.79. The molecule has 0 fully saturated rings. The largest absolute Gasteiger partial charge is 0.417 e. The molecule has 0 saturated carbocycles. The molecule has 0 aromatic heterocycles. The normalized spacial score (nSPS) is 15.5. The number of halogens is 1. The van der Waals surface area contributed by atoms with E-state index in [0.29, 0.717) is 11.0 Å². The smallest absolute Gasteiger partial charge is 0.191 e. The first kappa shape index (κ1) is 17.2. The number of rotatable bonds is 7. The van der Waals surface area contributed by atoms with Gasteiger partial charge in [0.05, 0.1) is 0 Å². The quantitative estimate of drug-likeness (QED) is 0.553. The van der Waals surface area contributed by atoms with Gasteiger partial charge in [0.2, 0.25) is 0 Å². The maximum absolute atomic E-state index is 6.17. The zero-order valence-corrected chi connectivity index (χ0v) is 14.1. The molecule has 3 heteroatoms. The summed E-state index contributed by atoms with van der Waals surface area (Å²) in [6.07, 6.45) is 5.45. The maximum atomic E-state index is 6.17. The minimum atomic E-state index is -1.54. The second-order valence-electron chi connectivity index (χ2n) is 6.44. The van der Waals surface area contributed by atoms with Gasteiger partial charge in [-0.2, -0.15) is 0 Å². The van der Waals surface area contributed by atoms with Crippen molar-refractivity contribution in [2.45, 2.75) is 65.1 Å². The lowest BCUT2D eigenvalue weighted by atomic mass is 10.0. The first-order chi connectivity index (χ1) is 7.70. The second kappa shape index (κ2) is 7.60. The van der Waals surface area contributed by atoms with Gasteiger partial charge in [-0.05, 0) is 43.3 Å². The predicted molar refractivity (Wildman–Crippen MR) is 81.2 cm³/mol. The lowest BCUT2D eigenvalue weighted by molar-refractivity contribution is 0.257. The van der Waals surface area contributed by atoms with Crippen LogP contribution in [0.25, 0.3) is 0 Å². The Morgan fingerprint density at radius 1 is 1.24 bits per heavy atom. The highest BCUT2D eigenvalue weighted by Gasteiger charge is 2.36. The van der Waals surface area contributed by atoms with Crippen LogP contribution in [0, 0.1) is 5.92 Å². The van der Waals surface area contributed by atoms with E-state index in [0.717, 1.165) is 19.4 Å². The number of hydrogen-bond acceptors (Lipinski definition) is 1. The van der Waals surface area contributed by atoms with Gasteiger partial charge in [-0.25, -0.2) is 0 Å². The summed E-state index contributed by atoms with van der Waals surface area (Å²) in [5.74, 6) is 0.715. The van der Waals surface area contributed by atoms with Crippen molar-refractivity contribution >= 4 is 19.9 Å². The Kier molecular flexibility index (Phi) is 7.69. The van der Waals surface area contributed by atoms with Crippen LogP contribution in [-0.2, 0) is 4.43 Å². The van der Waals surface area contributed by atoms with Crippen molar-refractivity contribution in [1.29, 1.82) is 0 Å². The molecular weight excluding hydrogens is 248 g/mol. The molecule has 0 bridgehead atoms. The minimum absolute atomic E-state index is 0.317. The van der Waals surface area contributed by atoms with Crippen LogP contribution in [0.5, 0.6) is 0 Å². The summed E-state index contributed by atoms with van der Waals surface area (Å²) < 4.78 is 6.17. The van der Waals surface area contributed by atoms with Crippen molar-refractivity contribution in [2.24, 2.45) is 5.92 Å². The van der Waals surface area contributed by atoms with Crippen molar-refractivity contribution in [3.63, 3.8) is 0 Å². The van der Waals surface area contributed by atoms with Crippen LogP contribution in [-0.4, -0.2) is 14.9 Å². The monoisotopic (exact) mass is 276 g/mol. The molecule has 0 aromatic rings. The lowest BCUT2D eigenvalue weighted by Gasteiger charge is -2.36. The molecule has 0 heterocycles. The van der Waals surface area contributed by atoms with Gasteiger partial charge in [-0.1, -0.05) is 45.4 Å². The van der Waals surface area contributed by atoms with Gasteiger partial charge < -0.3 is 4.43 Å². The van der Waals surface area contributed by atoms with Crippen LogP contribution in [0.4, 0.5) is 0 Å². The molecule has 1 atom stereocenters. The highest BCUT2D eigenvalue weighted by molar-refractivity contribution is 6.74. The third kappa shape index (κ3) is 7.27. The molecular formula is C14H29ClOSi. The van der Waals surface area contributed by atoms with E-state index in [-0.39, 0.29) is 0 Å². The Balaban J connectivity index is 3.83. The van der Waals surface area contributed by atoms with E-state index >= 15 is 0 Å². The fraction of sp³-hybridized carbons (Fsp3) is 0.857. The van der Waals surface area contributed by atoms with Gasteiger partial charge in [-0.15, -0.1) is 0 Å². The Hall–Kier alpha value is 0.207. The zero-order chi connectivity index (χ0) is 13.5. The molecule has 0 aliphatic heterocycles. The third-order valence-corrected chi connectivity index (χ3v) is 8.51. The molecule has 17 heavy (non-hydrogen) atoms. The lowest BCUT2D eigenvalue weighted by Crippen LogP contribution is -2.41. The Bertz CT molecular complexity index is 231. The fourth-order valence-corrected chi connectivity index (χ4v) is 2.51. The van der Waals surface area contributed by atoms with Crippen molar-refractivity contribution in [3.8, 4) is 0 Å². The average Bonchev–Trinajstić information content (AvgIpc) is 2.16. The molecule has 0 aromatic carbocycles. The molecule has 0 aliphatic carbocycles. The maximum Gasteiger partial charge on any atom is 0.191 e. The van der Waals surface area contributed by atoms with Gasteiger partial charge in [0.15, 0.2) is 8.32 Å². The van der Waals surface area contributed by atoms with Gasteiger partial charge >= 0.3 is 0 Å². The minimum Gasteiger partial charge on any atom is -0.417 e. The summed E-state index contributed by atoms with van der Waals surface area (Å²) in [6.45, 7) is 14.7. The Labute approximate surface area is 114 Å². The molecule has 0 rings (SSSR count). The molecule has 0 spiro atoms. The highest BCUT2D eigenvalue weighted by Crippen LogP contribution is 2.36. The molecule has 0 saturated heterocycles. The van der Waals surface area contributed by atoms with Crippen molar-refractivity contribution < 1.29 is 4.43 Å². The summed E-state index contributed by atoms with van der Waals surface area (Å²) in [7, 11) is -1.54. The second-order valence-corrected chi connectivity index (χ2v) is 11.5. The highest BCUT2D eigenvalue weighted by atomic mass is 35.5. The standard InChI is InChI=1S/C14H29ClOSi/c1-13(9-7-8-11-15)10-12-16-17(5,6)14(2,3)4/h8,11,13H,7,9-10,12H2,1-6H3/b11-8-/t13-/m0/s1. The first-order valence-corrected chi connectivity index (χ1v) is 9.94. The summed E-state index contributed by atoms with van der Waals surface area (Å²) in [4.78, 5) is 0. The van der Waals surface area contributed by atoms with Crippen LogP contribution in [0.2, 0.25) is 18.1 Å². The molecule has 0 radical (unpaired) electrons. The predicted octanol–water partition coefficient (Wildman–Crippen LogP) is 5.57. The molecule has 0 amide bonds. The molecule has 0 N–H and O–H groups in total. The van der Waals surface area contributed by atoms with Crippen LogP contribution < -0.4 is 0 Å². The van der Waals surface area contributed by atoms with E-state index in [1.165, 1.54) is 6.42 Å². The first-order valence-electron chi connectivity index (χ1n) is 6.60. The van der Waals surface area contributed by atoms with Gasteiger partial charge in [0.1, 0.15) is 0 Å². The van der Waals surface area contributed by atoms with Gasteiger partial charge in [-0.3, -0.25) is 0 Å². The van der Waals surface area contributed by atoms with E-state index in [1.807, 2.05) is 6.08 Å². The van der Waals surface area contributed by atoms with E-state index in [9.17, 15) is 0 Å². The van der Waals surface area contributed by atoms with Crippen molar-refractivity contribution in [1.82, 2.24) is 0 Å². The number of hydrogen-bond donors (Lipinski definition) is 0. The summed E-state index contributed by atoms with van der Waals surface area (Å²) in [5.41, 5.74) is 1.61. The Morgan fingerprint density at radius 2 is 1.82 bits per heavy atom.